The summed E-state index contributed by atoms with van der Waals surface area (Å²) in [5, 5.41) is 15.0. The zero-order valence-corrected chi connectivity index (χ0v) is 12.4. The van der Waals surface area contributed by atoms with Crippen LogP contribution in [-0.2, 0) is 11.3 Å². The Kier molecular flexibility index (Phi) is 5.76. The minimum absolute atomic E-state index is 0.0537. The first kappa shape index (κ1) is 16.2. The van der Waals surface area contributed by atoms with Crippen molar-refractivity contribution in [2.45, 2.75) is 45.9 Å². The van der Waals surface area contributed by atoms with E-state index in [0.29, 0.717) is 13.1 Å². The first-order valence-electron chi connectivity index (χ1n) is 6.60. The lowest BCUT2D eigenvalue weighted by Crippen LogP contribution is -2.42. The largest absolute Gasteiger partial charge is 0.506 e. The highest BCUT2D eigenvalue weighted by Crippen LogP contribution is 2.07. The lowest BCUT2D eigenvalue weighted by atomic mass is 10.2. The van der Waals surface area contributed by atoms with E-state index in [-0.39, 0.29) is 11.8 Å². The third-order valence-corrected chi connectivity index (χ3v) is 2.33. The summed E-state index contributed by atoms with van der Waals surface area (Å²) in [6.45, 7) is 8.54. The van der Waals surface area contributed by atoms with Crippen molar-refractivity contribution in [2.75, 3.05) is 6.54 Å². The molecule has 0 spiro atoms. The number of carbonyl (C=O) groups is 1. The predicted octanol–water partition coefficient (Wildman–Crippen LogP) is 1.79. The van der Waals surface area contributed by atoms with Crippen molar-refractivity contribution in [1.82, 2.24) is 15.6 Å². The van der Waals surface area contributed by atoms with Gasteiger partial charge in [0.05, 0.1) is 11.9 Å². The van der Waals surface area contributed by atoms with Gasteiger partial charge in [0.2, 0.25) is 0 Å². The van der Waals surface area contributed by atoms with Crippen molar-refractivity contribution in [3.8, 4) is 5.75 Å². The van der Waals surface area contributed by atoms with Gasteiger partial charge in [-0.05, 0) is 39.8 Å². The fourth-order valence-electron chi connectivity index (χ4n) is 1.50. The van der Waals surface area contributed by atoms with Crippen LogP contribution in [0, 0.1) is 0 Å². The second kappa shape index (κ2) is 7.09. The summed E-state index contributed by atoms with van der Waals surface area (Å²) in [6, 6.07) is 3.28. The quantitative estimate of drug-likeness (QED) is 0.766. The fourth-order valence-corrected chi connectivity index (χ4v) is 1.50. The van der Waals surface area contributed by atoms with Gasteiger partial charge in [-0.15, -0.1) is 0 Å². The van der Waals surface area contributed by atoms with E-state index in [1.807, 2.05) is 27.7 Å². The molecule has 20 heavy (non-hydrogen) atoms. The van der Waals surface area contributed by atoms with Gasteiger partial charge in [-0.3, -0.25) is 4.98 Å². The van der Waals surface area contributed by atoms with Crippen LogP contribution < -0.4 is 10.6 Å². The monoisotopic (exact) mass is 281 g/mol. The second-order valence-corrected chi connectivity index (χ2v) is 5.69. The van der Waals surface area contributed by atoms with Crippen LogP contribution in [0.4, 0.5) is 4.79 Å². The SMILES string of the molecule is CC(CNCc1ccc(O)cn1)NC(=O)OC(C)(C)C. The maximum absolute atomic E-state index is 11.5. The Labute approximate surface area is 119 Å². The highest BCUT2D eigenvalue weighted by molar-refractivity contribution is 5.68. The molecule has 1 aromatic rings. The molecule has 0 aromatic carbocycles. The maximum Gasteiger partial charge on any atom is 0.407 e. The third kappa shape index (κ3) is 6.94. The standard InChI is InChI=1S/C14H23N3O3/c1-10(17-13(19)20-14(2,3)4)7-15-8-11-5-6-12(18)9-16-11/h5-6,9-10,15,18H,7-8H2,1-4H3,(H,17,19). The van der Waals surface area contributed by atoms with Crippen LogP contribution in [0.3, 0.4) is 0 Å². The number of hydrogen-bond acceptors (Lipinski definition) is 5. The Bertz CT molecular complexity index is 426. The number of nitrogens with zero attached hydrogens (tertiary/aromatic N) is 1. The number of aromatic hydroxyl groups is 1. The number of pyridine rings is 1. The van der Waals surface area contributed by atoms with E-state index in [4.69, 9.17) is 9.84 Å². The Morgan fingerprint density at radius 1 is 1.45 bits per heavy atom. The van der Waals surface area contributed by atoms with Gasteiger partial charge >= 0.3 is 6.09 Å². The molecule has 0 saturated carbocycles. The normalized spacial score (nSPS) is 12.8. The minimum atomic E-state index is -0.493. The lowest BCUT2D eigenvalue weighted by Gasteiger charge is -2.22. The molecule has 1 rings (SSSR count). The number of amides is 1. The molecule has 0 fully saturated rings. The van der Waals surface area contributed by atoms with E-state index in [2.05, 4.69) is 15.6 Å². The van der Waals surface area contributed by atoms with Gasteiger partial charge in [-0.25, -0.2) is 4.79 Å². The third-order valence-electron chi connectivity index (χ3n) is 2.33. The van der Waals surface area contributed by atoms with Crippen molar-refractivity contribution in [2.24, 2.45) is 0 Å². The van der Waals surface area contributed by atoms with Gasteiger partial charge in [0, 0.05) is 19.1 Å². The van der Waals surface area contributed by atoms with Crippen LogP contribution >= 0.6 is 0 Å². The molecule has 0 saturated heterocycles. The molecule has 1 aromatic heterocycles. The highest BCUT2D eigenvalue weighted by Gasteiger charge is 2.17. The summed E-state index contributed by atoms with van der Waals surface area (Å²) in [5.41, 5.74) is 0.333. The summed E-state index contributed by atoms with van der Waals surface area (Å²) in [6.07, 6.45) is 0.980. The first-order valence-corrected chi connectivity index (χ1v) is 6.60. The Balaban J connectivity index is 2.24. The summed E-state index contributed by atoms with van der Waals surface area (Å²) >= 11 is 0. The molecule has 6 nitrogen and oxygen atoms in total. The average molecular weight is 281 g/mol. The molecule has 1 atom stereocenters. The van der Waals surface area contributed by atoms with E-state index >= 15 is 0 Å². The van der Waals surface area contributed by atoms with E-state index in [1.165, 1.54) is 6.20 Å². The molecule has 1 amide bonds. The van der Waals surface area contributed by atoms with Crippen LogP contribution in [0.25, 0.3) is 0 Å². The lowest BCUT2D eigenvalue weighted by molar-refractivity contribution is 0.0508. The summed E-state index contributed by atoms with van der Waals surface area (Å²) in [7, 11) is 0. The molecule has 6 heteroatoms. The number of rotatable bonds is 5. The average Bonchev–Trinajstić information content (AvgIpc) is 2.29. The Morgan fingerprint density at radius 2 is 2.15 bits per heavy atom. The first-order chi connectivity index (χ1) is 9.26. The van der Waals surface area contributed by atoms with Crippen LogP contribution in [0.5, 0.6) is 5.75 Å². The van der Waals surface area contributed by atoms with E-state index in [0.717, 1.165) is 5.69 Å². The highest BCUT2D eigenvalue weighted by atomic mass is 16.6. The predicted molar refractivity (Wildman–Crippen MR) is 76.4 cm³/mol. The zero-order chi connectivity index (χ0) is 15.2. The number of nitrogens with one attached hydrogen (secondary N) is 2. The Morgan fingerprint density at radius 3 is 2.70 bits per heavy atom. The molecule has 3 N–H and O–H groups in total. The van der Waals surface area contributed by atoms with E-state index in [9.17, 15) is 4.79 Å². The number of ether oxygens (including phenoxy) is 1. The van der Waals surface area contributed by atoms with Crippen LogP contribution in [0.1, 0.15) is 33.4 Å². The Hall–Kier alpha value is -1.82. The number of hydrogen-bond donors (Lipinski definition) is 3. The second-order valence-electron chi connectivity index (χ2n) is 5.69. The molecule has 0 aliphatic rings. The fraction of sp³-hybridized carbons (Fsp3) is 0.571. The minimum Gasteiger partial charge on any atom is -0.506 e. The summed E-state index contributed by atoms with van der Waals surface area (Å²) in [4.78, 5) is 15.6. The number of carbonyl (C=O) groups excluding carboxylic acids is 1. The van der Waals surface area contributed by atoms with Gasteiger partial charge in [-0.2, -0.15) is 0 Å². The van der Waals surface area contributed by atoms with Crippen molar-refractivity contribution in [3.05, 3.63) is 24.0 Å². The number of aromatic nitrogens is 1. The summed E-state index contributed by atoms with van der Waals surface area (Å²) in [5.74, 6) is 0.147. The number of alkyl carbamates (subject to hydrolysis) is 1. The van der Waals surface area contributed by atoms with Crippen molar-refractivity contribution in [3.63, 3.8) is 0 Å². The van der Waals surface area contributed by atoms with Crippen molar-refractivity contribution >= 4 is 6.09 Å². The van der Waals surface area contributed by atoms with Gasteiger partial charge in [0.25, 0.3) is 0 Å². The molecule has 0 aliphatic carbocycles. The molecule has 112 valence electrons. The van der Waals surface area contributed by atoms with Crippen LogP contribution in [0.15, 0.2) is 18.3 Å². The van der Waals surface area contributed by atoms with Gasteiger partial charge in [-0.1, -0.05) is 0 Å². The van der Waals surface area contributed by atoms with Crippen LogP contribution in [-0.4, -0.2) is 34.4 Å². The van der Waals surface area contributed by atoms with E-state index in [1.54, 1.807) is 12.1 Å². The zero-order valence-electron chi connectivity index (χ0n) is 12.4. The smallest absolute Gasteiger partial charge is 0.407 e. The van der Waals surface area contributed by atoms with Crippen molar-refractivity contribution < 1.29 is 14.6 Å². The molecule has 1 heterocycles. The molecule has 1 unspecified atom stereocenters. The summed E-state index contributed by atoms with van der Waals surface area (Å²) < 4.78 is 5.17. The molecule has 0 aliphatic heterocycles. The molecular formula is C14H23N3O3. The van der Waals surface area contributed by atoms with Gasteiger partial charge in [0.15, 0.2) is 0 Å². The van der Waals surface area contributed by atoms with E-state index < -0.39 is 11.7 Å². The van der Waals surface area contributed by atoms with Gasteiger partial charge < -0.3 is 20.5 Å². The van der Waals surface area contributed by atoms with Gasteiger partial charge in [0.1, 0.15) is 11.4 Å². The molecule has 0 bridgehead atoms. The molecular weight excluding hydrogens is 258 g/mol. The van der Waals surface area contributed by atoms with Crippen LogP contribution in [0.2, 0.25) is 0 Å². The maximum atomic E-state index is 11.5. The molecule has 0 radical (unpaired) electrons. The van der Waals surface area contributed by atoms with Crippen molar-refractivity contribution in [1.29, 1.82) is 0 Å². The topological polar surface area (TPSA) is 83.5 Å².